The zero-order valence-corrected chi connectivity index (χ0v) is 6.64. The predicted molar refractivity (Wildman–Crippen MR) is 41.6 cm³/mol. The van der Waals surface area contributed by atoms with Gasteiger partial charge in [-0.05, 0) is 24.7 Å². The molecule has 0 heterocycles. The summed E-state index contributed by atoms with van der Waals surface area (Å²) >= 11 is 0. The van der Waals surface area contributed by atoms with Crippen LogP contribution in [0.3, 0.4) is 0 Å². The van der Waals surface area contributed by atoms with Crippen LogP contribution in [0.4, 0.5) is 0 Å². The lowest BCUT2D eigenvalue weighted by Gasteiger charge is -2.34. The minimum Gasteiger partial charge on any atom is -0.396 e. The summed E-state index contributed by atoms with van der Waals surface area (Å²) in [6.07, 6.45) is 4.44. The Morgan fingerprint density at radius 3 is 2.80 bits per heavy atom. The molecule has 2 atom stereocenters. The van der Waals surface area contributed by atoms with E-state index in [9.17, 15) is 0 Å². The van der Waals surface area contributed by atoms with Gasteiger partial charge < -0.3 is 10.8 Å². The zero-order valence-electron chi connectivity index (χ0n) is 6.64. The van der Waals surface area contributed by atoms with E-state index in [4.69, 9.17) is 10.8 Å². The molecule has 3 N–H and O–H groups in total. The normalized spacial score (nSPS) is 41.7. The maximum atomic E-state index is 9.01. The molecule has 0 aliphatic heterocycles. The van der Waals surface area contributed by atoms with Crippen LogP contribution in [0.5, 0.6) is 0 Å². The Morgan fingerprint density at radius 1 is 1.70 bits per heavy atom. The van der Waals surface area contributed by atoms with Gasteiger partial charge in [0.25, 0.3) is 0 Å². The summed E-state index contributed by atoms with van der Waals surface area (Å²) in [6.45, 7) is 2.41. The highest BCUT2D eigenvalue weighted by Crippen LogP contribution is 2.34. The molecule has 0 aromatic heterocycles. The molecular weight excluding hydrogens is 126 g/mol. The summed E-state index contributed by atoms with van der Waals surface area (Å²) in [4.78, 5) is 0. The molecule has 0 radical (unpaired) electrons. The van der Waals surface area contributed by atoms with Gasteiger partial charge in [0, 0.05) is 12.6 Å². The highest BCUT2D eigenvalue weighted by atomic mass is 16.3. The van der Waals surface area contributed by atoms with E-state index in [1.165, 1.54) is 6.42 Å². The Labute approximate surface area is 62.4 Å². The van der Waals surface area contributed by atoms with Gasteiger partial charge in [0.1, 0.15) is 0 Å². The summed E-state index contributed by atoms with van der Waals surface area (Å²) in [5, 5.41) is 9.01. The van der Waals surface area contributed by atoms with E-state index in [1.54, 1.807) is 0 Å². The summed E-state index contributed by atoms with van der Waals surface area (Å²) in [7, 11) is 0. The number of aliphatic hydroxyl groups excluding tert-OH is 1. The van der Waals surface area contributed by atoms with Gasteiger partial charge in [-0.25, -0.2) is 0 Å². The van der Waals surface area contributed by atoms with Crippen molar-refractivity contribution in [1.82, 2.24) is 0 Å². The molecule has 0 aromatic carbocycles. The fourth-order valence-corrected chi connectivity index (χ4v) is 1.77. The number of hydrogen-bond donors (Lipinski definition) is 2. The second-order valence-corrected chi connectivity index (χ2v) is 3.83. The first-order valence-corrected chi connectivity index (χ1v) is 4.03. The zero-order chi connectivity index (χ0) is 7.61. The highest BCUT2D eigenvalue weighted by molar-refractivity contribution is 4.83. The monoisotopic (exact) mass is 143 g/mol. The maximum absolute atomic E-state index is 9.01. The lowest BCUT2D eigenvalue weighted by atomic mass is 9.74. The first-order chi connectivity index (χ1) is 4.66. The van der Waals surface area contributed by atoms with Crippen LogP contribution in [0.15, 0.2) is 0 Å². The molecule has 0 bridgehead atoms. The van der Waals surface area contributed by atoms with Gasteiger partial charge in [-0.15, -0.1) is 0 Å². The molecule has 0 aromatic rings. The minimum atomic E-state index is 0.123. The van der Waals surface area contributed by atoms with Crippen LogP contribution in [0.25, 0.3) is 0 Å². The first kappa shape index (κ1) is 8.02. The molecule has 10 heavy (non-hydrogen) atoms. The molecule has 2 nitrogen and oxygen atoms in total. The molecule has 1 aliphatic rings. The van der Waals surface area contributed by atoms with Crippen LogP contribution < -0.4 is 5.73 Å². The van der Waals surface area contributed by atoms with E-state index < -0.39 is 0 Å². The van der Waals surface area contributed by atoms with Crippen LogP contribution in [0.1, 0.15) is 32.6 Å². The fraction of sp³-hybridized carbons (Fsp3) is 1.00. The molecule has 1 saturated carbocycles. The van der Waals surface area contributed by atoms with E-state index in [2.05, 4.69) is 6.92 Å². The van der Waals surface area contributed by atoms with Crippen molar-refractivity contribution in [3.63, 3.8) is 0 Å². The van der Waals surface area contributed by atoms with Gasteiger partial charge >= 0.3 is 0 Å². The topological polar surface area (TPSA) is 46.2 Å². The summed E-state index contributed by atoms with van der Waals surface area (Å²) in [5.74, 6) is 0. The van der Waals surface area contributed by atoms with E-state index in [0.29, 0.717) is 12.6 Å². The third-order valence-corrected chi connectivity index (χ3v) is 2.49. The Balaban J connectivity index is 2.45. The number of rotatable bonds is 1. The van der Waals surface area contributed by atoms with Crippen molar-refractivity contribution in [2.24, 2.45) is 11.1 Å². The summed E-state index contributed by atoms with van der Waals surface area (Å²) in [6, 6.07) is 0.325. The predicted octanol–water partition coefficient (Wildman–Crippen LogP) is 0.886. The molecular formula is C8H17NO. The average Bonchev–Trinajstić information content (AvgIpc) is 1.88. The van der Waals surface area contributed by atoms with Crippen molar-refractivity contribution in [1.29, 1.82) is 0 Å². The van der Waals surface area contributed by atoms with E-state index >= 15 is 0 Å². The lowest BCUT2D eigenvalue weighted by Crippen LogP contribution is -2.36. The third-order valence-electron chi connectivity index (χ3n) is 2.49. The quantitative estimate of drug-likeness (QED) is 0.572. The largest absolute Gasteiger partial charge is 0.396 e. The van der Waals surface area contributed by atoms with Crippen molar-refractivity contribution >= 4 is 0 Å². The Morgan fingerprint density at radius 2 is 2.40 bits per heavy atom. The SMILES string of the molecule is C[C@]1(CO)CCC[C@@H](N)C1. The molecule has 0 spiro atoms. The van der Waals surface area contributed by atoms with Gasteiger partial charge in [0.15, 0.2) is 0 Å². The van der Waals surface area contributed by atoms with Gasteiger partial charge in [-0.3, -0.25) is 0 Å². The van der Waals surface area contributed by atoms with Crippen LogP contribution in [-0.2, 0) is 0 Å². The average molecular weight is 143 g/mol. The second-order valence-electron chi connectivity index (χ2n) is 3.83. The fourth-order valence-electron chi connectivity index (χ4n) is 1.77. The van der Waals surface area contributed by atoms with E-state index in [0.717, 1.165) is 19.3 Å². The standard InChI is InChI=1S/C8H17NO/c1-8(6-10)4-2-3-7(9)5-8/h7,10H,2-6,9H2,1H3/t7-,8+/m1/s1. The van der Waals surface area contributed by atoms with Crippen LogP contribution in [0, 0.1) is 5.41 Å². The smallest absolute Gasteiger partial charge is 0.0485 e. The van der Waals surface area contributed by atoms with Crippen LogP contribution in [0.2, 0.25) is 0 Å². The van der Waals surface area contributed by atoms with Gasteiger partial charge in [0.2, 0.25) is 0 Å². The molecule has 0 saturated heterocycles. The van der Waals surface area contributed by atoms with Crippen molar-refractivity contribution in [2.45, 2.75) is 38.6 Å². The van der Waals surface area contributed by atoms with Crippen molar-refractivity contribution < 1.29 is 5.11 Å². The molecule has 0 amide bonds. The molecule has 60 valence electrons. The Kier molecular flexibility index (Phi) is 2.32. The summed E-state index contributed by atoms with van der Waals surface area (Å²) in [5.41, 5.74) is 5.90. The molecule has 0 unspecified atom stereocenters. The van der Waals surface area contributed by atoms with Gasteiger partial charge in [-0.1, -0.05) is 13.3 Å². The minimum absolute atomic E-state index is 0.123. The Hall–Kier alpha value is -0.0800. The number of nitrogens with two attached hydrogens (primary N) is 1. The van der Waals surface area contributed by atoms with E-state index in [-0.39, 0.29) is 5.41 Å². The van der Waals surface area contributed by atoms with E-state index in [1.807, 2.05) is 0 Å². The lowest BCUT2D eigenvalue weighted by molar-refractivity contribution is 0.0916. The maximum Gasteiger partial charge on any atom is 0.0485 e. The highest BCUT2D eigenvalue weighted by Gasteiger charge is 2.29. The summed E-state index contributed by atoms with van der Waals surface area (Å²) < 4.78 is 0. The number of hydrogen-bond acceptors (Lipinski definition) is 2. The van der Waals surface area contributed by atoms with Gasteiger partial charge in [-0.2, -0.15) is 0 Å². The number of aliphatic hydroxyl groups is 1. The van der Waals surface area contributed by atoms with Crippen molar-refractivity contribution in [3.8, 4) is 0 Å². The van der Waals surface area contributed by atoms with Gasteiger partial charge in [0.05, 0.1) is 0 Å². The van der Waals surface area contributed by atoms with Crippen LogP contribution in [-0.4, -0.2) is 17.8 Å². The van der Waals surface area contributed by atoms with Crippen molar-refractivity contribution in [2.75, 3.05) is 6.61 Å². The second kappa shape index (κ2) is 2.89. The van der Waals surface area contributed by atoms with Crippen molar-refractivity contribution in [3.05, 3.63) is 0 Å². The van der Waals surface area contributed by atoms with Crippen LogP contribution >= 0.6 is 0 Å². The molecule has 1 aliphatic carbocycles. The molecule has 2 heteroatoms. The molecule has 1 fully saturated rings. The Bertz CT molecular complexity index is 116. The molecule has 1 rings (SSSR count). The third kappa shape index (κ3) is 1.70. The first-order valence-electron chi connectivity index (χ1n) is 4.03.